The minimum atomic E-state index is -0.635. The molecule has 2 rings (SSSR count). The first-order chi connectivity index (χ1) is 8.53. The van der Waals surface area contributed by atoms with Gasteiger partial charge in [-0.15, -0.1) is 0 Å². The normalized spacial score (nSPS) is 18.9. The molecule has 1 atom stereocenters. The Labute approximate surface area is 108 Å². The summed E-state index contributed by atoms with van der Waals surface area (Å²) < 4.78 is 13.0. The van der Waals surface area contributed by atoms with E-state index in [0.717, 1.165) is 6.54 Å². The van der Waals surface area contributed by atoms with Crippen LogP contribution in [0.5, 0.6) is 0 Å². The first-order valence-corrected chi connectivity index (χ1v) is 6.68. The molecule has 1 unspecified atom stereocenters. The number of aliphatic hydroxyl groups excluding tert-OH is 1. The highest BCUT2D eigenvalue weighted by atomic mass is 19.1. The van der Waals surface area contributed by atoms with Gasteiger partial charge in [0.15, 0.2) is 0 Å². The zero-order valence-corrected chi connectivity index (χ0v) is 11.1. The Morgan fingerprint density at radius 2 is 2.11 bits per heavy atom. The van der Waals surface area contributed by atoms with Gasteiger partial charge in [0, 0.05) is 13.1 Å². The lowest BCUT2D eigenvalue weighted by molar-refractivity contribution is 0.169. The van der Waals surface area contributed by atoms with Crippen LogP contribution in [-0.4, -0.2) is 18.2 Å². The Bertz CT molecular complexity index is 401. The SMILES string of the molecule is CC(C)C1(CNCC(O)c2cccc(F)c2)CC1. The summed E-state index contributed by atoms with van der Waals surface area (Å²) in [5.41, 5.74) is 1.07. The van der Waals surface area contributed by atoms with E-state index < -0.39 is 6.10 Å². The zero-order valence-electron chi connectivity index (χ0n) is 11.1. The van der Waals surface area contributed by atoms with Crippen LogP contribution in [0.25, 0.3) is 0 Å². The molecule has 1 aliphatic carbocycles. The molecule has 0 spiro atoms. The molecular formula is C15H22FNO. The van der Waals surface area contributed by atoms with Crippen LogP contribution in [0.3, 0.4) is 0 Å². The molecule has 1 saturated carbocycles. The van der Waals surface area contributed by atoms with E-state index in [-0.39, 0.29) is 5.82 Å². The number of hydrogen-bond acceptors (Lipinski definition) is 2. The minimum absolute atomic E-state index is 0.299. The van der Waals surface area contributed by atoms with Crippen molar-refractivity contribution >= 4 is 0 Å². The summed E-state index contributed by atoms with van der Waals surface area (Å²) in [5.74, 6) is 0.378. The molecule has 1 aliphatic rings. The van der Waals surface area contributed by atoms with Gasteiger partial charge >= 0.3 is 0 Å². The van der Waals surface area contributed by atoms with Crippen molar-refractivity contribution in [1.82, 2.24) is 5.32 Å². The lowest BCUT2D eigenvalue weighted by Gasteiger charge is -2.21. The predicted molar refractivity (Wildman–Crippen MR) is 70.7 cm³/mol. The van der Waals surface area contributed by atoms with Crippen LogP contribution in [0, 0.1) is 17.2 Å². The average Bonchev–Trinajstić information content (AvgIpc) is 3.10. The van der Waals surface area contributed by atoms with E-state index in [2.05, 4.69) is 19.2 Å². The molecule has 1 fully saturated rings. The first kappa shape index (κ1) is 13.5. The maximum atomic E-state index is 13.0. The molecule has 0 amide bonds. The van der Waals surface area contributed by atoms with Gasteiger partial charge in [-0.2, -0.15) is 0 Å². The monoisotopic (exact) mass is 251 g/mol. The highest BCUT2D eigenvalue weighted by Crippen LogP contribution is 2.51. The summed E-state index contributed by atoms with van der Waals surface area (Å²) in [4.78, 5) is 0. The Kier molecular flexibility index (Phi) is 4.03. The molecule has 2 nitrogen and oxygen atoms in total. The quantitative estimate of drug-likeness (QED) is 0.815. The fourth-order valence-corrected chi connectivity index (χ4v) is 2.41. The highest BCUT2D eigenvalue weighted by Gasteiger charge is 2.44. The third kappa shape index (κ3) is 3.09. The summed E-state index contributed by atoms with van der Waals surface area (Å²) in [6, 6.07) is 6.17. The molecule has 0 heterocycles. The molecule has 1 aromatic carbocycles. The maximum absolute atomic E-state index is 13.0. The first-order valence-electron chi connectivity index (χ1n) is 6.68. The van der Waals surface area contributed by atoms with Crippen molar-refractivity contribution in [2.45, 2.75) is 32.8 Å². The zero-order chi connectivity index (χ0) is 13.2. The standard InChI is InChI=1S/C15H22FNO/c1-11(2)15(6-7-15)10-17-9-14(18)12-4-3-5-13(16)8-12/h3-5,8,11,14,17-18H,6-7,9-10H2,1-2H3. The topological polar surface area (TPSA) is 32.3 Å². The lowest BCUT2D eigenvalue weighted by Crippen LogP contribution is -2.30. The second-order valence-corrected chi connectivity index (χ2v) is 5.72. The van der Waals surface area contributed by atoms with E-state index in [9.17, 15) is 9.50 Å². The maximum Gasteiger partial charge on any atom is 0.123 e. The van der Waals surface area contributed by atoms with Crippen LogP contribution in [0.2, 0.25) is 0 Å². The lowest BCUT2D eigenvalue weighted by atomic mass is 9.92. The number of hydrogen-bond donors (Lipinski definition) is 2. The van der Waals surface area contributed by atoms with E-state index in [1.807, 2.05) is 0 Å². The van der Waals surface area contributed by atoms with Gasteiger partial charge in [0.05, 0.1) is 6.10 Å². The molecule has 1 aromatic rings. The number of aliphatic hydroxyl groups is 1. The molecule has 0 saturated heterocycles. The molecule has 0 bridgehead atoms. The third-order valence-corrected chi connectivity index (χ3v) is 4.17. The van der Waals surface area contributed by atoms with Crippen molar-refractivity contribution in [3.63, 3.8) is 0 Å². The van der Waals surface area contributed by atoms with Crippen LogP contribution in [0.15, 0.2) is 24.3 Å². The van der Waals surface area contributed by atoms with Crippen molar-refractivity contribution in [3.05, 3.63) is 35.6 Å². The van der Waals surface area contributed by atoms with Crippen LogP contribution >= 0.6 is 0 Å². The molecule has 0 aromatic heterocycles. The van der Waals surface area contributed by atoms with Gasteiger partial charge in [0.2, 0.25) is 0 Å². The number of benzene rings is 1. The third-order valence-electron chi connectivity index (χ3n) is 4.17. The Morgan fingerprint density at radius 3 is 2.67 bits per heavy atom. The predicted octanol–water partition coefficient (Wildman–Crippen LogP) is 2.88. The second-order valence-electron chi connectivity index (χ2n) is 5.72. The fourth-order valence-electron chi connectivity index (χ4n) is 2.41. The van der Waals surface area contributed by atoms with Crippen molar-refractivity contribution in [2.24, 2.45) is 11.3 Å². The smallest absolute Gasteiger partial charge is 0.123 e. The van der Waals surface area contributed by atoms with Crippen molar-refractivity contribution in [3.8, 4) is 0 Å². The van der Waals surface area contributed by atoms with E-state index in [1.165, 1.54) is 25.0 Å². The number of nitrogens with one attached hydrogen (secondary N) is 1. The molecule has 18 heavy (non-hydrogen) atoms. The summed E-state index contributed by atoms with van der Waals surface area (Å²) in [7, 11) is 0. The Balaban J connectivity index is 1.80. The summed E-state index contributed by atoms with van der Waals surface area (Å²) >= 11 is 0. The van der Waals surface area contributed by atoms with Crippen LogP contribution in [-0.2, 0) is 0 Å². The number of rotatable bonds is 6. The summed E-state index contributed by atoms with van der Waals surface area (Å²) in [5, 5.41) is 13.3. The molecular weight excluding hydrogens is 229 g/mol. The van der Waals surface area contributed by atoms with E-state index in [0.29, 0.717) is 23.4 Å². The van der Waals surface area contributed by atoms with Gasteiger partial charge in [-0.25, -0.2) is 4.39 Å². The van der Waals surface area contributed by atoms with E-state index in [1.54, 1.807) is 12.1 Å². The van der Waals surface area contributed by atoms with Crippen LogP contribution < -0.4 is 5.32 Å². The van der Waals surface area contributed by atoms with Gasteiger partial charge < -0.3 is 10.4 Å². The van der Waals surface area contributed by atoms with E-state index >= 15 is 0 Å². The largest absolute Gasteiger partial charge is 0.387 e. The van der Waals surface area contributed by atoms with Crippen LogP contribution in [0.4, 0.5) is 4.39 Å². The van der Waals surface area contributed by atoms with Crippen molar-refractivity contribution in [2.75, 3.05) is 13.1 Å². The van der Waals surface area contributed by atoms with Gasteiger partial charge in [-0.05, 0) is 41.9 Å². The Hall–Kier alpha value is -0.930. The molecule has 0 radical (unpaired) electrons. The van der Waals surface area contributed by atoms with Gasteiger partial charge in [-0.1, -0.05) is 26.0 Å². The average molecular weight is 251 g/mol. The molecule has 100 valence electrons. The van der Waals surface area contributed by atoms with Gasteiger partial charge in [0.25, 0.3) is 0 Å². The summed E-state index contributed by atoms with van der Waals surface area (Å²) in [6.07, 6.45) is 1.91. The molecule has 3 heteroatoms. The summed E-state index contributed by atoms with van der Waals surface area (Å²) in [6.45, 7) is 5.92. The minimum Gasteiger partial charge on any atom is -0.387 e. The Morgan fingerprint density at radius 1 is 1.39 bits per heavy atom. The fraction of sp³-hybridized carbons (Fsp3) is 0.600. The van der Waals surface area contributed by atoms with Crippen molar-refractivity contribution in [1.29, 1.82) is 0 Å². The van der Waals surface area contributed by atoms with Crippen molar-refractivity contribution < 1.29 is 9.50 Å². The molecule has 0 aliphatic heterocycles. The number of halogens is 1. The van der Waals surface area contributed by atoms with E-state index in [4.69, 9.17) is 0 Å². The highest BCUT2D eigenvalue weighted by molar-refractivity contribution is 5.19. The van der Waals surface area contributed by atoms with Gasteiger partial charge in [0.1, 0.15) is 5.82 Å². The second kappa shape index (κ2) is 5.37. The van der Waals surface area contributed by atoms with Crippen LogP contribution in [0.1, 0.15) is 38.4 Å². The molecule has 2 N–H and O–H groups in total. The van der Waals surface area contributed by atoms with Gasteiger partial charge in [-0.3, -0.25) is 0 Å².